The number of benzene rings is 2. The first-order chi connectivity index (χ1) is 16.7. The van der Waals surface area contributed by atoms with E-state index < -0.39 is 11.9 Å². The molecule has 0 spiro atoms. The van der Waals surface area contributed by atoms with Gasteiger partial charge in [-0.15, -0.1) is 0 Å². The molecule has 0 amide bonds. The lowest BCUT2D eigenvalue weighted by Gasteiger charge is -2.15. The van der Waals surface area contributed by atoms with Crippen LogP contribution >= 0.6 is 15.9 Å². The number of aromatic nitrogens is 1. The van der Waals surface area contributed by atoms with Crippen molar-refractivity contribution in [2.24, 2.45) is 5.73 Å². The maximum Gasteiger partial charge on any atom is 0.328 e. The fraction of sp³-hybridized carbons (Fsp3) is 0.296. The number of hydrogen-bond acceptors (Lipinski definition) is 5. The maximum absolute atomic E-state index is 9.55. The number of nitrogens with zero attached hydrogens (tertiary/aromatic N) is 1. The Kier molecular flexibility index (Phi) is 11.4. The summed E-state index contributed by atoms with van der Waals surface area (Å²) in [7, 11) is 0. The zero-order valence-corrected chi connectivity index (χ0v) is 21.5. The van der Waals surface area contributed by atoms with Gasteiger partial charge in [-0.3, -0.25) is 10.7 Å². The van der Waals surface area contributed by atoms with Crippen LogP contribution in [0.25, 0.3) is 22.0 Å². The molecule has 1 atom stereocenters. The number of aliphatic carboxylic acids is 2. The second-order valence-electron chi connectivity index (χ2n) is 8.01. The van der Waals surface area contributed by atoms with Crippen LogP contribution in [0.15, 0.2) is 65.2 Å². The van der Waals surface area contributed by atoms with Crippen molar-refractivity contribution in [1.82, 2.24) is 4.98 Å². The molecule has 0 aliphatic carbocycles. The van der Waals surface area contributed by atoms with Crippen LogP contribution < -0.4 is 10.5 Å². The predicted molar refractivity (Wildman–Crippen MR) is 141 cm³/mol. The lowest BCUT2D eigenvalue weighted by molar-refractivity contribution is -0.134. The van der Waals surface area contributed by atoms with E-state index in [1.54, 1.807) is 0 Å². The summed E-state index contributed by atoms with van der Waals surface area (Å²) in [5.74, 6) is -1.73. The van der Waals surface area contributed by atoms with Crippen LogP contribution in [0.3, 0.4) is 0 Å². The van der Waals surface area contributed by atoms with Gasteiger partial charge in [-0.05, 0) is 61.2 Å². The lowest BCUT2D eigenvalue weighted by atomic mass is 10.0. The summed E-state index contributed by atoms with van der Waals surface area (Å²) in [6.45, 7) is 4.23. The van der Waals surface area contributed by atoms with E-state index in [2.05, 4.69) is 59.3 Å². The average molecular weight is 543 g/mol. The number of carbonyl (C=O) groups is 2. The minimum Gasteiger partial charge on any atom is -0.478 e. The molecular weight excluding hydrogens is 512 g/mol. The molecule has 1 aromatic heterocycles. The summed E-state index contributed by atoms with van der Waals surface area (Å²) >= 11 is 3.50. The Hall–Kier alpha value is -3.23. The summed E-state index contributed by atoms with van der Waals surface area (Å²) in [5.41, 5.74) is 10.4. The summed E-state index contributed by atoms with van der Waals surface area (Å²) in [6, 6.07) is 16.6. The van der Waals surface area contributed by atoms with E-state index in [0.29, 0.717) is 12.2 Å². The molecule has 1 unspecified atom stereocenters. The molecule has 186 valence electrons. The topological polar surface area (TPSA) is 123 Å². The minimum absolute atomic E-state index is 0.268. The standard InChI is InChI=1S/C23H27BrN2O.C4H4O4/c1-3-4-5-6-7-23(25)27-19-12-13-20-21(14-16(2)26-22(20)15-19)17-8-10-18(24)11-9-17;5-3(6)1-2-4(7)8/h8-15,23H,3-7,25H2,1-2H3;1-2H,(H,5,6)(H,7,8)/b;2-1+. The molecule has 0 radical (unpaired) electrons. The van der Waals surface area contributed by atoms with Gasteiger partial charge >= 0.3 is 11.9 Å². The number of rotatable bonds is 10. The van der Waals surface area contributed by atoms with Gasteiger partial charge in [-0.25, -0.2) is 9.59 Å². The first kappa shape index (κ1) is 28.0. The monoisotopic (exact) mass is 542 g/mol. The molecule has 0 saturated carbocycles. The Morgan fingerprint density at radius 3 is 2.29 bits per heavy atom. The fourth-order valence-electron chi connectivity index (χ4n) is 3.43. The summed E-state index contributed by atoms with van der Waals surface area (Å²) in [6.07, 6.45) is 6.52. The Bertz CT molecular complexity index is 1150. The number of hydrogen-bond donors (Lipinski definition) is 3. The largest absolute Gasteiger partial charge is 0.478 e. The third-order valence-electron chi connectivity index (χ3n) is 5.06. The van der Waals surface area contributed by atoms with Gasteiger partial charge in [0.15, 0.2) is 0 Å². The molecule has 0 bridgehead atoms. The Morgan fingerprint density at radius 1 is 1.03 bits per heavy atom. The van der Waals surface area contributed by atoms with E-state index in [1.807, 2.05) is 19.1 Å². The number of ether oxygens (including phenoxy) is 1. The van der Waals surface area contributed by atoms with Crippen molar-refractivity contribution in [2.75, 3.05) is 0 Å². The van der Waals surface area contributed by atoms with Gasteiger partial charge in [-0.2, -0.15) is 0 Å². The molecule has 0 aliphatic rings. The van der Waals surface area contributed by atoms with E-state index in [9.17, 15) is 9.59 Å². The van der Waals surface area contributed by atoms with E-state index in [-0.39, 0.29) is 6.23 Å². The minimum atomic E-state index is -1.26. The van der Waals surface area contributed by atoms with Crippen LogP contribution in [0.5, 0.6) is 5.75 Å². The van der Waals surface area contributed by atoms with Crippen molar-refractivity contribution in [3.8, 4) is 16.9 Å². The Labute approximate surface area is 213 Å². The predicted octanol–water partition coefficient (Wildman–Crippen LogP) is 6.32. The number of halogens is 1. The number of carboxylic acids is 2. The van der Waals surface area contributed by atoms with E-state index in [4.69, 9.17) is 25.7 Å². The van der Waals surface area contributed by atoms with Crippen molar-refractivity contribution in [2.45, 2.75) is 52.2 Å². The molecule has 3 aromatic rings. The molecule has 35 heavy (non-hydrogen) atoms. The Morgan fingerprint density at radius 2 is 1.69 bits per heavy atom. The van der Waals surface area contributed by atoms with E-state index in [0.717, 1.165) is 39.7 Å². The molecule has 0 saturated heterocycles. The number of aryl methyl sites for hydroxylation is 1. The van der Waals surface area contributed by atoms with E-state index in [1.165, 1.54) is 30.4 Å². The highest BCUT2D eigenvalue weighted by Crippen LogP contribution is 2.31. The molecule has 0 aliphatic heterocycles. The molecule has 4 N–H and O–H groups in total. The smallest absolute Gasteiger partial charge is 0.328 e. The summed E-state index contributed by atoms with van der Waals surface area (Å²) < 4.78 is 7.01. The number of unbranched alkanes of at least 4 members (excludes halogenated alkanes) is 3. The molecule has 3 rings (SSSR count). The first-order valence-electron chi connectivity index (χ1n) is 11.4. The van der Waals surface area contributed by atoms with Crippen LogP contribution in [0.4, 0.5) is 0 Å². The normalized spacial score (nSPS) is 11.7. The number of pyridine rings is 1. The van der Waals surface area contributed by atoms with Gasteiger partial charge in [0, 0.05) is 33.8 Å². The van der Waals surface area contributed by atoms with Gasteiger partial charge in [0.05, 0.1) is 5.52 Å². The highest BCUT2D eigenvalue weighted by Gasteiger charge is 2.10. The molecule has 7 nitrogen and oxygen atoms in total. The fourth-order valence-corrected chi connectivity index (χ4v) is 3.70. The van der Waals surface area contributed by atoms with Crippen LogP contribution in [-0.2, 0) is 9.59 Å². The van der Waals surface area contributed by atoms with Gasteiger partial charge in [-0.1, -0.05) is 54.2 Å². The van der Waals surface area contributed by atoms with Crippen molar-refractivity contribution in [3.63, 3.8) is 0 Å². The second kappa shape index (κ2) is 14.2. The van der Waals surface area contributed by atoms with E-state index >= 15 is 0 Å². The van der Waals surface area contributed by atoms with Crippen LogP contribution in [0.2, 0.25) is 0 Å². The van der Waals surface area contributed by atoms with Crippen molar-refractivity contribution >= 4 is 38.8 Å². The van der Waals surface area contributed by atoms with Crippen LogP contribution in [-0.4, -0.2) is 33.4 Å². The highest BCUT2D eigenvalue weighted by molar-refractivity contribution is 9.10. The Balaban J connectivity index is 0.000000466. The van der Waals surface area contributed by atoms with Crippen LogP contribution in [0.1, 0.15) is 44.7 Å². The first-order valence-corrected chi connectivity index (χ1v) is 12.2. The lowest BCUT2D eigenvalue weighted by Crippen LogP contribution is -2.26. The maximum atomic E-state index is 9.55. The number of nitrogens with two attached hydrogens (primary N) is 1. The van der Waals surface area contributed by atoms with Gasteiger partial charge in [0.1, 0.15) is 12.0 Å². The van der Waals surface area contributed by atoms with Gasteiger partial charge < -0.3 is 14.9 Å². The summed E-state index contributed by atoms with van der Waals surface area (Å²) in [4.78, 5) is 23.8. The molecular formula is C27H31BrN2O5. The zero-order chi connectivity index (χ0) is 25.8. The number of carboxylic acid groups (broad SMARTS) is 2. The second-order valence-corrected chi connectivity index (χ2v) is 8.93. The van der Waals surface area contributed by atoms with Crippen molar-refractivity contribution in [1.29, 1.82) is 0 Å². The summed E-state index contributed by atoms with van der Waals surface area (Å²) in [5, 5.41) is 16.7. The highest BCUT2D eigenvalue weighted by atomic mass is 79.9. The molecule has 8 heteroatoms. The van der Waals surface area contributed by atoms with Crippen molar-refractivity contribution in [3.05, 3.63) is 70.8 Å². The number of fused-ring (bicyclic) bond motifs is 1. The average Bonchev–Trinajstić information content (AvgIpc) is 2.81. The van der Waals surface area contributed by atoms with Crippen LogP contribution in [0, 0.1) is 6.92 Å². The molecule has 0 fully saturated rings. The third-order valence-corrected chi connectivity index (χ3v) is 5.59. The van der Waals surface area contributed by atoms with Crippen molar-refractivity contribution < 1.29 is 24.5 Å². The third kappa shape index (κ3) is 9.88. The van der Waals surface area contributed by atoms with Gasteiger partial charge in [0.2, 0.25) is 0 Å². The quantitative estimate of drug-likeness (QED) is 0.155. The SMILES string of the molecule is CCCCCCC(N)Oc1ccc2c(-c3ccc(Br)cc3)cc(C)nc2c1.O=C(O)/C=C/C(=O)O. The molecule has 2 aromatic carbocycles. The van der Waals surface area contributed by atoms with Gasteiger partial charge in [0.25, 0.3) is 0 Å². The zero-order valence-electron chi connectivity index (χ0n) is 19.9. The molecule has 1 heterocycles.